The molecule has 1 heteroatoms. The van der Waals surface area contributed by atoms with Crippen LogP contribution in [0.1, 0.15) is 33.6 Å². The third-order valence-electron chi connectivity index (χ3n) is 5.61. The maximum Gasteiger partial charge on any atom is 0.00179 e. The molecule has 0 heterocycles. The van der Waals surface area contributed by atoms with Gasteiger partial charge in [-0.05, 0) is 67.2 Å². The molecular formula is C17H29N. The van der Waals surface area contributed by atoms with Gasteiger partial charge in [-0.25, -0.2) is 0 Å². The van der Waals surface area contributed by atoms with Crippen LogP contribution in [0.25, 0.3) is 0 Å². The van der Waals surface area contributed by atoms with Gasteiger partial charge in [0.25, 0.3) is 0 Å². The molecule has 2 rings (SSSR count). The molecule has 0 radical (unpaired) electrons. The van der Waals surface area contributed by atoms with Crippen LogP contribution >= 0.6 is 0 Å². The highest BCUT2D eigenvalue weighted by atomic mass is 15.1. The summed E-state index contributed by atoms with van der Waals surface area (Å²) in [4.78, 5) is 2.34. The fraction of sp³-hybridized carbons (Fsp3) is 0.765. The van der Waals surface area contributed by atoms with E-state index >= 15 is 0 Å². The van der Waals surface area contributed by atoms with E-state index in [1.165, 1.54) is 30.5 Å². The molecular weight excluding hydrogens is 218 g/mol. The molecule has 2 fully saturated rings. The lowest BCUT2D eigenvalue weighted by Crippen LogP contribution is -2.42. The Hall–Kier alpha value is -0.560. The first kappa shape index (κ1) is 13.9. The van der Waals surface area contributed by atoms with Crippen molar-refractivity contribution in [3.8, 4) is 0 Å². The lowest BCUT2D eigenvalue weighted by molar-refractivity contribution is 0.0583. The third kappa shape index (κ3) is 1.87. The molecule has 0 aromatic carbocycles. The summed E-state index contributed by atoms with van der Waals surface area (Å²) in [5.41, 5.74) is 3.01. The van der Waals surface area contributed by atoms with Crippen molar-refractivity contribution in [2.75, 3.05) is 20.6 Å². The average molecular weight is 247 g/mol. The predicted molar refractivity (Wildman–Crippen MR) is 79.5 cm³/mol. The molecule has 0 N–H and O–H groups in total. The van der Waals surface area contributed by atoms with Gasteiger partial charge in [0.05, 0.1) is 0 Å². The van der Waals surface area contributed by atoms with E-state index in [1.54, 1.807) is 0 Å². The number of rotatable bonds is 3. The number of nitrogens with zero attached hydrogens (tertiary/aromatic N) is 1. The lowest BCUT2D eigenvalue weighted by Gasteiger charge is -2.45. The SMILES string of the molecule is C=C1C(=C)C2(C)CCC(C(C)C)C1C2CN(C)C. The minimum absolute atomic E-state index is 0.303. The van der Waals surface area contributed by atoms with Crippen LogP contribution in [-0.2, 0) is 0 Å². The monoisotopic (exact) mass is 247 g/mol. The first-order chi connectivity index (χ1) is 8.29. The van der Waals surface area contributed by atoms with E-state index in [0.717, 1.165) is 11.8 Å². The zero-order valence-corrected chi connectivity index (χ0v) is 12.8. The molecule has 0 saturated heterocycles. The molecule has 2 aliphatic rings. The Morgan fingerprint density at radius 2 is 1.94 bits per heavy atom. The van der Waals surface area contributed by atoms with Crippen molar-refractivity contribution < 1.29 is 0 Å². The largest absolute Gasteiger partial charge is 0.309 e. The average Bonchev–Trinajstić information content (AvgIpc) is 2.40. The second-order valence-corrected chi connectivity index (χ2v) is 7.26. The third-order valence-corrected chi connectivity index (χ3v) is 5.61. The van der Waals surface area contributed by atoms with Gasteiger partial charge in [0, 0.05) is 6.54 Å². The minimum Gasteiger partial charge on any atom is -0.309 e. The van der Waals surface area contributed by atoms with E-state index in [0.29, 0.717) is 17.3 Å². The summed E-state index contributed by atoms with van der Waals surface area (Å²) in [6, 6.07) is 0. The summed E-state index contributed by atoms with van der Waals surface area (Å²) in [5, 5.41) is 0. The van der Waals surface area contributed by atoms with E-state index in [4.69, 9.17) is 0 Å². The highest BCUT2D eigenvalue weighted by Gasteiger charge is 2.55. The Kier molecular flexibility index (Phi) is 3.48. The molecule has 0 aromatic rings. The Balaban J connectivity index is 2.38. The zero-order chi connectivity index (χ0) is 13.7. The highest BCUT2D eigenvalue weighted by Crippen LogP contribution is 2.62. The van der Waals surface area contributed by atoms with Crippen molar-refractivity contribution in [1.29, 1.82) is 0 Å². The summed E-state index contributed by atoms with van der Waals surface area (Å²) in [5.74, 6) is 2.94. The second-order valence-electron chi connectivity index (χ2n) is 7.26. The molecule has 2 aliphatic carbocycles. The van der Waals surface area contributed by atoms with Crippen molar-refractivity contribution in [3.63, 3.8) is 0 Å². The van der Waals surface area contributed by atoms with Crippen LogP contribution in [0.3, 0.4) is 0 Å². The normalized spacial score (nSPS) is 40.1. The standard InChI is InChI=1S/C17H29N/c1-11(2)14-8-9-17(5)13(4)12(3)16(14)15(17)10-18(6)7/h11,14-16H,3-4,8-10H2,1-2,5-7H3. The van der Waals surface area contributed by atoms with Crippen molar-refractivity contribution in [1.82, 2.24) is 4.90 Å². The summed E-state index contributed by atoms with van der Waals surface area (Å²) >= 11 is 0. The van der Waals surface area contributed by atoms with Crippen LogP contribution in [-0.4, -0.2) is 25.5 Å². The van der Waals surface area contributed by atoms with Crippen LogP contribution in [0, 0.1) is 29.1 Å². The molecule has 0 aromatic heterocycles. The maximum atomic E-state index is 4.40. The van der Waals surface area contributed by atoms with Crippen LogP contribution in [0.4, 0.5) is 0 Å². The van der Waals surface area contributed by atoms with E-state index in [-0.39, 0.29) is 0 Å². The first-order valence-corrected chi connectivity index (χ1v) is 7.32. The summed E-state index contributed by atoms with van der Waals surface area (Å²) < 4.78 is 0. The molecule has 0 spiro atoms. The van der Waals surface area contributed by atoms with Crippen molar-refractivity contribution in [3.05, 3.63) is 24.3 Å². The van der Waals surface area contributed by atoms with Gasteiger partial charge in [-0.15, -0.1) is 0 Å². The Bertz CT molecular complexity index is 366. The number of fused-ring (bicyclic) bond motifs is 2. The van der Waals surface area contributed by atoms with Crippen molar-refractivity contribution in [2.45, 2.75) is 33.6 Å². The molecule has 4 unspecified atom stereocenters. The van der Waals surface area contributed by atoms with Crippen LogP contribution in [0.5, 0.6) is 0 Å². The molecule has 2 saturated carbocycles. The van der Waals surface area contributed by atoms with E-state index in [1.807, 2.05) is 0 Å². The Labute approximate surface area is 113 Å². The second kappa shape index (κ2) is 4.52. The smallest absolute Gasteiger partial charge is 0.00179 e. The van der Waals surface area contributed by atoms with Gasteiger partial charge in [0.15, 0.2) is 0 Å². The Morgan fingerprint density at radius 3 is 2.44 bits per heavy atom. The van der Waals surface area contributed by atoms with Crippen LogP contribution in [0.15, 0.2) is 24.3 Å². The molecule has 102 valence electrons. The molecule has 2 bridgehead atoms. The summed E-state index contributed by atoms with van der Waals surface area (Å²) in [6.45, 7) is 17.1. The summed E-state index contributed by atoms with van der Waals surface area (Å²) in [6.07, 6.45) is 2.64. The summed E-state index contributed by atoms with van der Waals surface area (Å²) in [7, 11) is 4.38. The van der Waals surface area contributed by atoms with Crippen molar-refractivity contribution in [2.24, 2.45) is 29.1 Å². The number of allylic oxidation sites excluding steroid dienone is 2. The Morgan fingerprint density at radius 1 is 1.33 bits per heavy atom. The fourth-order valence-electron chi connectivity index (χ4n) is 4.43. The zero-order valence-electron chi connectivity index (χ0n) is 12.8. The van der Waals surface area contributed by atoms with E-state index < -0.39 is 0 Å². The van der Waals surface area contributed by atoms with E-state index in [9.17, 15) is 0 Å². The molecule has 0 amide bonds. The topological polar surface area (TPSA) is 3.24 Å². The molecule has 1 nitrogen and oxygen atoms in total. The van der Waals surface area contributed by atoms with Gasteiger partial charge in [-0.2, -0.15) is 0 Å². The maximum absolute atomic E-state index is 4.40. The van der Waals surface area contributed by atoms with Crippen LogP contribution < -0.4 is 0 Å². The van der Waals surface area contributed by atoms with E-state index in [2.05, 4.69) is 52.9 Å². The van der Waals surface area contributed by atoms with Gasteiger partial charge >= 0.3 is 0 Å². The van der Waals surface area contributed by atoms with Gasteiger partial charge < -0.3 is 4.90 Å². The van der Waals surface area contributed by atoms with Gasteiger partial charge in [0.1, 0.15) is 0 Å². The number of hydrogen-bond acceptors (Lipinski definition) is 1. The first-order valence-electron chi connectivity index (χ1n) is 7.32. The van der Waals surface area contributed by atoms with Gasteiger partial charge in [0.2, 0.25) is 0 Å². The van der Waals surface area contributed by atoms with Crippen LogP contribution in [0.2, 0.25) is 0 Å². The minimum atomic E-state index is 0.303. The number of hydrogen-bond donors (Lipinski definition) is 0. The quantitative estimate of drug-likeness (QED) is 0.729. The van der Waals surface area contributed by atoms with Crippen molar-refractivity contribution >= 4 is 0 Å². The fourth-order valence-corrected chi connectivity index (χ4v) is 4.43. The molecule has 18 heavy (non-hydrogen) atoms. The lowest BCUT2D eigenvalue weighted by atomic mass is 9.61. The predicted octanol–water partition coefficient (Wildman–Crippen LogP) is 3.98. The molecule has 0 aliphatic heterocycles. The molecule has 4 atom stereocenters. The highest BCUT2D eigenvalue weighted by molar-refractivity contribution is 5.43. The van der Waals surface area contributed by atoms with Gasteiger partial charge in [-0.1, -0.05) is 33.9 Å². The van der Waals surface area contributed by atoms with Gasteiger partial charge in [-0.3, -0.25) is 0 Å².